The van der Waals surface area contributed by atoms with Crippen molar-refractivity contribution in [1.82, 2.24) is 14.9 Å². The van der Waals surface area contributed by atoms with Crippen LogP contribution < -0.4 is 0 Å². The van der Waals surface area contributed by atoms with E-state index in [0.29, 0.717) is 11.7 Å². The first-order chi connectivity index (χ1) is 8.11. The molecule has 1 saturated heterocycles. The number of aromatic nitrogens is 2. The minimum absolute atomic E-state index is 0.0280. The third kappa shape index (κ3) is 1.89. The average molecular weight is 272 g/mol. The van der Waals surface area contributed by atoms with Gasteiger partial charge in [0.1, 0.15) is 5.15 Å². The molecule has 6 heteroatoms. The first-order valence-corrected chi connectivity index (χ1v) is 6.33. The Morgan fingerprint density at radius 3 is 2.71 bits per heavy atom. The topological polar surface area (TPSA) is 46.1 Å². The molecule has 1 aromatic rings. The number of carbonyl (C=O) groups excluding carboxylic acids is 1. The molecular formula is C11H11Cl2N3O. The number of hydrogen-bond acceptors (Lipinski definition) is 3. The minimum atomic E-state index is -0.0280. The lowest BCUT2D eigenvalue weighted by Gasteiger charge is -2.16. The van der Waals surface area contributed by atoms with Gasteiger partial charge in [0.05, 0.1) is 12.0 Å². The fraction of sp³-hybridized carbons (Fsp3) is 0.545. The van der Waals surface area contributed by atoms with Gasteiger partial charge in [0.2, 0.25) is 11.2 Å². The van der Waals surface area contributed by atoms with Gasteiger partial charge in [-0.3, -0.25) is 4.79 Å². The third-order valence-corrected chi connectivity index (χ3v) is 4.11. The van der Waals surface area contributed by atoms with Gasteiger partial charge in [0.15, 0.2) is 0 Å². The molecule has 2 aliphatic rings. The van der Waals surface area contributed by atoms with Crippen LogP contribution in [0.5, 0.6) is 0 Å². The van der Waals surface area contributed by atoms with Gasteiger partial charge < -0.3 is 4.90 Å². The monoisotopic (exact) mass is 271 g/mol. The van der Waals surface area contributed by atoms with Crippen molar-refractivity contribution in [1.29, 1.82) is 0 Å². The zero-order chi connectivity index (χ0) is 12.0. The highest BCUT2D eigenvalue weighted by atomic mass is 35.5. The first kappa shape index (κ1) is 11.2. The Kier molecular flexibility index (Phi) is 2.52. The van der Waals surface area contributed by atoms with E-state index >= 15 is 0 Å². The van der Waals surface area contributed by atoms with Crippen LogP contribution in [0.15, 0.2) is 6.20 Å². The van der Waals surface area contributed by atoms with Crippen molar-refractivity contribution in [2.75, 3.05) is 6.54 Å². The van der Waals surface area contributed by atoms with Crippen molar-refractivity contribution in [3.63, 3.8) is 0 Å². The van der Waals surface area contributed by atoms with Crippen molar-refractivity contribution in [3.05, 3.63) is 22.2 Å². The second-order valence-electron chi connectivity index (χ2n) is 4.71. The summed E-state index contributed by atoms with van der Waals surface area (Å²) in [5.74, 6) is 0.253. The van der Waals surface area contributed by atoms with Gasteiger partial charge in [-0.1, -0.05) is 11.6 Å². The summed E-state index contributed by atoms with van der Waals surface area (Å²) in [4.78, 5) is 21.7. The van der Waals surface area contributed by atoms with Crippen LogP contribution in [0.25, 0.3) is 0 Å². The number of halogens is 2. The molecule has 90 valence electrons. The van der Waals surface area contributed by atoms with E-state index in [-0.39, 0.29) is 16.6 Å². The molecule has 0 atom stereocenters. The summed E-state index contributed by atoms with van der Waals surface area (Å²) in [6, 6.07) is 0. The van der Waals surface area contributed by atoms with Crippen LogP contribution >= 0.6 is 23.2 Å². The molecule has 0 N–H and O–H groups in total. The number of nitrogens with zero attached hydrogens (tertiary/aromatic N) is 3. The predicted molar refractivity (Wildman–Crippen MR) is 63.8 cm³/mol. The number of amides is 1. The van der Waals surface area contributed by atoms with Gasteiger partial charge in [-0.2, -0.15) is 0 Å². The summed E-state index contributed by atoms with van der Waals surface area (Å²) in [5, 5.41) is 0.458. The van der Waals surface area contributed by atoms with Gasteiger partial charge in [0, 0.05) is 18.3 Å². The largest absolute Gasteiger partial charge is 0.338 e. The Bertz CT molecular complexity index is 488. The third-order valence-electron chi connectivity index (χ3n) is 3.60. The molecule has 2 fully saturated rings. The summed E-state index contributed by atoms with van der Waals surface area (Å²) >= 11 is 11.6. The molecule has 0 unspecified atom stereocenters. The molecule has 3 rings (SSSR count). The van der Waals surface area contributed by atoms with Crippen molar-refractivity contribution in [2.24, 2.45) is 5.41 Å². The Labute approximate surface area is 109 Å². The maximum Gasteiger partial charge on any atom is 0.229 e. The van der Waals surface area contributed by atoms with Crippen molar-refractivity contribution in [2.45, 2.75) is 25.8 Å². The highest BCUT2D eigenvalue weighted by Crippen LogP contribution is 2.53. The first-order valence-electron chi connectivity index (χ1n) is 5.57. The number of carbonyl (C=O) groups is 1. The molecule has 0 bridgehead atoms. The summed E-state index contributed by atoms with van der Waals surface area (Å²) in [7, 11) is 0. The molecule has 4 nitrogen and oxygen atoms in total. The predicted octanol–water partition coefficient (Wildman–Crippen LogP) is 2.30. The van der Waals surface area contributed by atoms with Crippen molar-refractivity contribution >= 4 is 29.1 Å². The van der Waals surface area contributed by atoms with Crippen LogP contribution in [0, 0.1) is 5.41 Å². The van der Waals surface area contributed by atoms with E-state index in [4.69, 9.17) is 23.2 Å². The highest BCUT2D eigenvalue weighted by molar-refractivity contribution is 6.32. The molecule has 1 saturated carbocycles. The lowest BCUT2D eigenvalue weighted by Crippen LogP contribution is -2.27. The van der Waals surface area contributed by atoms with Crippen molar-refractivity contribution < 1.29 is 4.79 Å². The molecule has 1 amide bonds. The van der Waals surface area contributed by atoms with E-state index in [1.165, 1.54) is 0 Å². The van der Waals surface area contributed by atoms with E-state index in [0.717, 1.165) is 31.4 Å². The second kappa shape index (κ2) is 3.82. The zero-order valence-corrected chi connectivity index (χ0v) is 10.6. The van der Waals surface area contributed by atoms with Gasteiger partial charge in [-0.25, -0.2) is 9.97 Å². The Balaban J connectivity index is 1.77. The number of likely N-dealkylation sites (tertiary alicyclic amines) is 1. The van der Waals surface area contributed by atoms with Crippen LogP contribution in [0.4, 0.5) is 0 Å². The molecule has 1 spiro atoms. The van der Waals surface area contributed by atoms with E-state index in [9.17, 15) is 4.79 Å². The van der Waals surface area contributed by atoms with Gasteiger partial charge in [-0.05, 0) is 30.9 Å². The zero-order valence-electron chi connectivity index (χ0n) is 9.12. The molecule has 1 aliphatic heterocycles. The van der Waals surface area contributed by atoms with Crippen molar-refractivity contribution in [3.8, 4) is 0 Å². The maximum absolute atomic E-state index is 12.1. The fourth-order valence-electron chi connectivity index (χ4n) is 2.34. The van der Waals surface area contributed by atoms with E-state index < -0.39 is 0 Å². The average Bonchev–Trinajstić information content (AvgIpc) is 3.01. The van der Waals surface area contributed by atoms with Crippen LogP contribution in [-0.2, 0) is 11.3 Å². The maximum atomic E-state index is 12.1. The van der Waals surface area contributed by atoms with Gasteiger partial charge in [-0.15, -0.1) is 0 Å². The second-order valence-corrected chi connectivity index (χ2v) is 5.41. The van der Waals surface area contributed by atoms with Crippen LogP contribution in [0.3, 0.4) is 0 Å². The lowest BCUT2D eigenvalue weighted by molar-refractivity contribution is -0.132. The fourth-order valence-corrected chi connectivity index (χ4v) is 2.70. The van der Waals surface area contributed by atoms with Crippen LogP contribution in [0.2, 0.25) is 10.4 Å². The molecule has 1 aliphatic carbocycles. The van der Waals surface area contributed by atoms with Crippen LogP contribution in [-0.4, -0.2) is 27.3 Å². The number of rotatable bonds is 2. The summed E-state index contributed by atoms with van der Waals surface area (Å²) < 4.78 is 0. The number of hydrogen-bond donors (Lipinski definition) is 0. The summed E-state index contributed by atoms with van der Waals surface area (Å²) in [6.07, 6.45) is 4.63. The molecule has 1 aromatic heterocycles. The Morgan fingerprint density at radius 1 is 1.35 bits per heavy atom. The van der Waals surface area contributed by atoms with E-state index in [2.05, 4.69) is 9.97 Å². The molecule has 0 radical (unpaired) electrons. The smallest absolute Gasteiger partial charge is 0.229 e. The quantitative estimate of drug-likeness (QED) is 0.613. The lowest BCUT2D eigenvalue weighted by atomic mass is 10.1. The molecule has 0 aromatic carbocycles. The molecular weight excluding hydrogens is 261 g/mol. The Morgan fingerprint density at radius 2 is 2.12 bits per heavy atom. The van der Waals surface area contributed by atoms with Crippen LogP contribution in [0.1, 0.15) is 24.8 Å². The normalized spacial score (nSPS) is 21.3. The molecule has 17 heavy (non-hydrogen) atoms. The minimum Gasteiger partial charge on any atom is -0.338 e. The van der Waals surface area contributed by atoms with Gasteiger partial charge >= 0.3 is 0 Å². The SMILES string of the molecule is O=C1N(Cc2cnc(Cl)nc2Cl)CCC12CC2. The molecule has 2 heterocycles. The summed E-state index contributed by atoms with van der Waals surface area (Å²) in [5.41, 5.74) is 0.724. The Hall–Kier alpha value is -0.870. The van der Waals surface area contributed by atoms with E-state index in [1.807, 2.05) is 4.90 Å². The van der Waals surface area contributed by atoms with Gasteiger partial charge in [0.25, 0.3) is 0 Å². The summed E-state index contributed by atoms with van der Waals surface area (Å²) in [6.45, 7) is 1.29. The van der Waals surface area contributed by atoms with E-state index in [1.54, 1.807) is 6.20 Å². The highest BCUT2D eigenvalue weighted by Gasteiger charge is 2.55. The standard InChI is InChI=1S/C11H11Cl2N3O/c12-8-7(5-14-10(13)15-8)6-16-4-3-11(1-2-11)9(16)17/h5H,1-4,6H2.